The Hall–Kier alpha value is -3.65. The average molecular weight is 510 g/mol. The van der Waals surface area contributed by atoms with E-state index in [1.807, 2.05) is 55.5 Å². The molecule has 170 valence electrons. The topological polar surface area (TPSA) is 89.0 Å². The number of benzene rings is 3. The Morgan fingerprint density at radius 2 is 1.70 bits per heavy atom. The summed E-state index contributed by atoms with van der Waals surface area (Å²) in [6.45, 7) is 2.64. The van der Waals surface area contributed by atoms with E-state index in [0.717, 1.165) is 10.0 Å². The van der Waals surface area contributed by atoms with Gasteiger partial charge in [0.2, 0.25) is 0 Å². The van der Waals surface area contributed by atoms with E-state index in [9.17, 15) is 9.59 Å². The number of para-hydroxylation sites is 1. The normalized spacial score (nSPS) is 10.6. The van der Waals surface area contributed by atoms with Crippen LogP contribution in [-0.4, -0.2) is 31.2 Å². The first-order chi connectivity index (χ1) is 16.0. The standard InChI is InChI=1S/C25H24BrN3O4/c1-2-32-22-13-9-19(10-14-22)25(31)27-16-24(30)29-28-15-20-5-3-4-6-23(20)33-17-18-7-11-21(26)12-8-18/h3-15H,2,16-17H2,1H3,(H,27,31)(H,29,30)/b28-15+. The zero-order chi connectivity index (χ0) is 23.5. The van der Waals surface area contributed by atoms with Crippen molar-refractivity contribution in [2.24, 2.45) is 5.10 Å². The summed E-state index contributed by atoms with van der Waals surface area (Å²) in [6, 6.07) is 21.9. The molecule has 0 fully saturated rings. The predicted molar refractivity (Wildman–Crippen MR) is 131 cm³/mol. The predicted octanol–water partition coefficient (Wildman–Crippen LogP) is 4.31. The van der Waals surface area contributed by atoms with Crippen molar-refractivity contribution < 1.29 is 19.1 Å². The van der Waals surface area contributed by atoms with Gasteiger partial charge >= 0.3 is 0 Å². The first-order valence-electron chi connectivity index (χ1n) is 10.3. The van der Waals surface area contributed by atoms with Crippen LogP contribution < -0.4 is 20.2 Å². The molecule has 0 aromatic heterocycles. The van der Waals surface area contributed by atoms with Crippen LogP contribution in [0.4, 0.5) is 0 Å². The second kappa shape index (κ2) is 12.4. The summed E-state index contributed by atoms with van der Waals surface area (Å²) in [5.41, 5.74) is 4.59. The smallest absolute Gasteiger partial charge is 0.259 e. The first kappa shape index (κ1) is 24.0. The van der Waals surface area contributed by atoms with E-state index < -0.39 is 5.91 Å². The van der Waals surface area contributed by atoms with Gasteiger partial charge in [-0.25, -0.2) is 5.43 Å². The van der Waals surface area contributed by atoms with E-state index in [-0.39, 0.29) is 12.5 Å². The fourth-order valence-corrected chi connectivity index (χ4v) is 3.07. The van der Waals surface area contributed by atoms with E-state index in [1.54, 1.807) is 24.3 Å². The molecule has 0 saturated carbocycles. The number of halogens is 1. The van der Waals surface area contributed by atoms with Gasteiger partial charge in [-0.15, -0.1) is 0 Å². The third kappa shape index (κ3) is 7.76. The molecule has 33 heavy (non-hydrogen) atoms. The average Bonchev–Trinajstić information content (AvgIpc) is 2.83. The molecule has 0 unspecified atom stereocenters. The number of nitrogens with one attached hydrogen (secondary N) is 2. The highest BCUT2D eigenvalue weighted by atomic mass is 79.9. The Morgan fingerprint density at radius 1 is 0.970 bits per heavy atom. The first-order valence-corrected chi connectivity index (χ1v) is 11.1. The van der Waals surface area contributed by atoms with Crippen LogP contribution in [0, 0.1) is 0 Å². The van der Waals surface area contributed by atoms with Gasteiger partial charge in [0, 0.05) is 15.6 Å². The van der Waals surface area contributed by atoms with E-state index in [0.29, 0.717) is 35.8 Å². The molecule has 2 amide bonds. The molecule has 3 aromatic rings. The Bertz CT molecular complexity index is 1100. The largest absolute Gasteiger partial charge is 0.494 e. The van der Waals surface area contributed by atoms with Gasteiger partial charge in [-0.3, -0.25) is 9.59 Å². The Balaban J connectivity index is 1.47. The van der Waals surface area contributed by atoms with Crippen LogP contribution in [-0.2, 0) is 11.4 Å². The van der Waals surface area contributed by atoms with Crippen LogP contribution >= 0.6 is 15.9 Å². The highest BCUT2D eigenvalue weighted by Crippen LogP contribution is 2.18. The maximum absolute atomic E-state index is 12.2. The van der Waals surface area contributed by atoms with Crippen molar-refractivity contribution in [1.82, 2.24) is 10.7 Å². The van der Waals surface area contributed by atoms with E-state index in [2.05, 4.69) is 31.8 Å². The molecule has 0 radical (unpaired) electrons. The zero-order valence-electron chi connectivity index (χ0n) is 18.1. The number of carbonyl (C=O) groups is 2. The van der Waals surface area contributed by atoms with Crippen LogP contribution in [0.3, 0.4) is 0 Å². The number of hydrogen-bond donors (Lipinski definition) is 2. The molecule has 0 saturated heterocycles. The summed E-state index contributed by atoms with van der Waals surface area (Å²) in [5, 5.41) is 6.53. The molecule has 0 bridgehead atoms. The lowest BCUT2D eigenvalue weighted by molar-refractivity contribution is -0.120. The minimum atomic E-state index is -0.446. The van der Waals surface area contributed by atoms with Crippen molar-refractivity contribution >= 4 is 34.0 Å². The Morgan fingerprint density at radius 3 is 2.42 bits per heavy atom. The van der Waals surface area contributed by atoms with Crippen molar-refractivity contribution in [1.29, 1.82) is 0 Å². The molecule has 0 heterocycles. The summed E-state index contributed by atoms with van der Waals surface area (Å²) >= 11 is 3.41. The van der Waals surface area contributed by atoms with Gasteiger partial charge in [0.05, 0.1) is 19.4 Å². The molecule has 0 spiro atoms. The quantitative estimate of drug-likeness (QED) is 0.314. The Labute approximate surface area is 200 Å². The molecule has 8 heteroatoms. The summed E-state index contributed by atoms with van der Waals surface area (Å²) < 4.78 is 12.2. The molecule has 0 aliphatic heterocycles. The third-order valence-electron chi connectivity index (χ3n) is 4.46. The molecule has 0 aliphatic carbocycles. The van der Waals surface area contributed by atoms with Gasteiger partial charge in [0.25, 0.3) is 11.8 Å². The molecule has 0 aliphatic rings. The van der Waals surface area contributed by atoms with Gasteiger partial charge in [0.15, 0.2) is 0 Å². The molecule has 2 N–H and O–H groups in total. The van der Waals surface area contributed by atoms with Crippen molar-refractivity contribution in [3.63, 3.8) is 0 Å². The SMILES string of the molecule is CCOc1ccc(C(=O)NCC(=O)N/N=C/c2ccccc2OCc2ccc(Br)cc2)cc1. The van der Waals surface area contributed by atoms with Crippen molar-refractivity contribution in [3.05, 3.63) is 94.0 Å². The lowest BCUT2D eigenvalue weighted by Crippen LogP contribution is -2.34. The number of carbonyl (C=O) groups excluding carboxylic acids is 2. The maximum Gasteiger partial charge on any atom is 0.259 e. The zero-order valence-corrected chi connectivity index (χ0v) is 19.7. The number of ether oxygens (including phenoxy) is 2. The summed E-state index contributed by atoms with van der Waals surface area (Å²) in [6.07, 6.45) is 1.50. The second-order valence-corrected chi connectivity index (χ2v) is 7.80. The van der Waals surface area contributed by atoms with E-state index in [1.165, 1.54) is 6.21 Å². The second-order valence-electron chi connectivity index (χ2n) is 6.89. The van der Waals surface area contributed by atoms with Crippen LogP contribution in [0.15, 0.2) is 82.4 Å². The minimum absolute atomic E-state index is 0.203. The molecular weight excluding hydrogens is 486 g/mol. The van der Waals surface area contributed by atoms with Crippen LogP contribution in [0.1, 0.15) is 28.4 Å². The van der Waals surface area contributed by atoms with Gasteiger partial charge in [-0.2, -0.15) is 5.10 Å². The number of hydrazone groups is 1. The lowest BCUT2D eigenvalue weighted by atomic mass is 10.2. The summed E-state index contributed by atoms with van der Waals surface area (Å²) in [7, 11) is 0. The van der Waals surface area contributed by atoms with Crippen molar-refractivity contribution in [2.45, 2.75) is 13.5 Å². The molecule has 0 atom stereocenters. The highest BCUT2D eigenvalue weighted by molar-refractivity contribution is 9.10. The van der Waals surface area contributed by atoms with E-state index in [4.69, 9.17) is 9.47 Å². The fraction of sp³-hybridized carbons (Fsp3) is 0.160. The summed E-state index contributed by atoms with van der Waals surface area (Å²) in [5.74, 6) is 0.520. The number of amides is 2. The van der Waals surface area contributed by atoms with Gasteiger partial charge in [0.1, 0.15) is 18.1 Å². The third-order valence-corrected chi connectivity index (χ3v) is 4.99. The number of nitrogens with zero attached hydrogens (tertiary/aromatic N) is 1. The van der Waals surface area contributed by atoms with Crippen LogP contribution in [0.2, 0.25) is 0 Å². The van der Waals surface area contributed by atoms with Gasteiger partial charge < -0.3 is 14.8 Å². The molecule has 3 aromatic carbocycles. The molecular formula is C25H24BrN3O4. The highest BCUT2D eigenvalue weighted by Gasteiger charge is 2.08. The van der Waals surface area contributed by atoms with Gasteiger partial charge in [-0.1, -0.05) is 40.2 Å². The van der Waals surface area contributed by atoms with Crippen molar-refractivity contribution in [3.8, 4) is 11.5 Å². The summed E-state index contributed by atoms with van der Waals surface area (Å²) in [4.78, 5) is 24.2. The monoisotopic (exact) mass is 509 g/mol. The number of hydrogen-bond acceptors (Lipinski definition) is 5. The van der Waals surface area contributed by atoms with E-state index >= 15 is 0 Å². The maximum atomic E-state index is 12.2. The minimum Gasteiger partial charge on any atom is -0.494 e. The lowest BCUT2D eigenvalue weighted by Gasteiger charge is -2.09. The Kier molecular flexibility index (Phi) is 9.02. The fourth-order valence-electron chi connectivity index (χ4n) is 2.81. The van der Waals surface area contributed by atoms with Crippen LogP contribution in [0.5, 0.6) is 11.5 Å². The molecule has 7 nitrogen and oxygen atoms in total. The van der Waals surface area contributed by atoms with Crippen LogP contribution in [0.25, 0.3) is 0 Å². The van der Waals surface area contributed by atoms with Gasteiger partial charge in [-0.05, 0) is 61.0 Å². The molecule has 3 rings (SSSR count). The number of rotatable bonds is 10. The van der Waals surface area contributed by atoms with Crippen molar-refractivity contribution in [2.75, 3.05) is 13.2 Å².